The molecule has 0 aliphatic heterocycles. The number of benzene rings is 1. The molecule has 2 rings (SSSR count). The van der Waals surface area contributed by atoms with E-state index in [2.05, 4.69) is 35.6 Å². The molecule has 0 saturated heterocycles. The van der Waals surface area contributed by atoms with Crippen LogP contribution in [0.4, 0.5) is 0 Å². The summed E-state index contributed by atoms with van der Waals surface area (Å²) in [4.78, 5) is 0. The molecule has 0 radical (unpaired) electrons. The van der Waals surface area contributed by atoms with Crippen LogP contribution in [0.3, 0.4) is 0 Å². The Hall–Kier alpha value is -0.530. The number of alkyl halides is 1. The molecule has 2 heteroatoms. The maximum absolute atomic E-state index is 5.60. The van der Waals surface area contributed by atoms with Crippen molar-refractivity contribution >= 4 is 11.6 Å². The first-order valence-corrected chi connectivity index (χ1v) is 5.29. The predicted octanol–water partition coefficient (Wildman–Crippen LogP) is 2.37. The van der Waals surface area contributed by atoms with Crippen LogP contribution in [-0.4, -0.2) is 18.5 Å². The lowest BCUT2D eigenvalue weighted by atomic mass is 10.1. The van der Waals surface area contributed by atoms with Crippen LogP contribution in [0.5, 0.6) is 0 Å². The van der Waals surface area contributed by atoms with E-state index in [1.807, 2.05) is 0 Å². The first kappa shape index (κ1) is 9.04. The predicted molar refractivity (Wildman–Crippen MR) is 56.3 cm³/mol. The van der Waals surface area contributed by atoms with Gasteiger partial charge in [-0.3, -0.25) is 0 Å². The Kier molecular flexibility index (Phi) is 2.87. The van der Waals surface area contributed by atoms with E-state index in [4.69, 9.17) is 11.6 Å². The van der Waals surface area contributed by atoms with E-state index in [1.54, 1.807) is 0 Å². The highest BCUT2D eigenvalue weighted by Gasteiger charge is 2.37. The van der Waals surface area contributed by atoms with Gasteiger partial charge in [0.1, 0.15) is 0 Å². The van der Waals surface area contributed by atoms with Gasteiger partial charge in [0.25, 0.3) is 0 Å². The molecule has 13 heavy (non-hydrogen) atoms. The summed E-state index contributed by atoms with van der Waals surface area (Å²) in [5.74, 6) is 1.43. The Labute approximate surface area is 84.1 Å². The van der Waals surface area contributed by atoms with Gasteiger partial charge in [0.2, 0.25) is 0 Å². The minimum Gasteiger partial charge on any atom is -0.312 e. The topological polar surface area (TPSA) is 12.0 Å². The van der Waals surface area contributed by atoms with Crippen molar-refractivity contribution in [1.82, 2.24) is 5.32 Å². The van der Waals surface area contributed by atoms with Gasteiger partial charge in [0.15, 0.2) is 0 Å². The normalized spacial score (nSPS) is 25.9. The second-order valence-corrected chi connectivity index (χ2v) is 3.88. The average Bonchev–Trinajstić information content (AvgIpc) is 2.95. The first-order valence-electron chi connectivity index (χ1n) is 4.76. The van der Waals surface area contributed by atoms with Crippen LogP contribution < -0.4 is 5.32 Å². The average molecular weight is 196 g/mol. The summed E-state index contributed by atoms with van der Waals surface area (Å²) in [5.41, 5.74) is 1.45. The van der Waals surface area contributed by atoms with Gasteiger partial charge in [-0.2, -0.15) is 0 Å². The van der Waals surface area contributed by atoms with Crippen molar-refractivity contribution in [3.8, 4) is 0 Å². The minimum atomic E-state index is 0.668. The molecule has 0 amide bonds. The Balaban J connectivity index is 1.86. The molecule has 0 heterocycles. The van der Waals surface area contributed by atoms with Crippen molar-refractivity contribution in [2.24, 2.45) is 0 Å². The number of hydrogen-bond acceptors (Lipinski definition) is 1. The van der Waals surface area contributed by atoms with E-state index < -0.39 is 0 Å². The summed E-state index contributed by atoms with van der Waals surface area (Å²) in [6.45, 7) is 0.926. The van der Waals surface area contributed by atoms with Crippen molar-refractivity contribution in [3.63, 3.8) is 0 Å². The lowest BCUT2D eigenvalue weighted by Crippen LogP contribution is -2.20. The zero-order chi connectivity index (χ0) is 9.10. The van der Waals surface area contributed by atoms with Crippen LogP contribution in [-0.2, 0) is 0 Å². The third-order valence-corrected chi connectivity index (χ3v) is 2.71. The Morgan fingerprint density at radius 2 is 2.08 bits per heavy atom. The maximum Gasteiger partial charge on any atom is 0.0348 e. The SMILES string of the molecule is ClCCN[C@H]1CC1c1ccccc1. The monoisotopic (exact) mass is 195 g/mol. The molecule has 0 aromatic heterocycles. The van der Waals surface area contributed by atoms with Gasteiger partial charge in [0, 0.05) is 24.4 Å². The minimum absolute atomic E-state index is 0.668. The van der Waals surface area contributed by atoms with E-state index in [0.717, 1.165) is 12.5 Å². The molecule has 70 valence electrons. The molecule has 1 saturated carbocycles. The van der Waals surface area contributed by atoms with Crippen LogP contribution in [0.2, 0.25) is 0 Å². The van der Waals surface area contributed by atoms with Gasteiger partial charge in [-0.1, -0.05) is 30.3 Å². The lowest BCUT2D eigenvalue weighted by Gasteiger charge is -2.01. The van der Waals surface area contributed by atoms with Crippen LogP contribution in [0.25, 0.3) is 0 Å². The van der Waals surface area contributed by atoms with Crippen molar-refractivity contribution < 1.29 is 0 Å². The lowest BCUT2D eigenvalue weighted by molar-refractivity contribution is 0.706. The second kappa shape index (κ2) is 4.12. The van der Waals surface area contributed by atoms with Gasteiger partial charge >= 0.3 is 0 Å². The summed E-state index contributed by atoms with van der Waals surface area (Å²) in [6, 6.07) is 11.3. The first-order chi connectivity index (χ1) is 6.42. The number of rotatable bonds is 4. The third kappa shape index (κ3) is 2.23. The number of halogens is 1. The smallest absolute Gasteiger partial charge is 0.0348 e. The summed E-state index contributed by atoms with van der Waals surface area (Å²) in [7, 11) is 0. The van der Waals surface area contributed by atoms with Gasteiger partial charge in [-0.15, -0.1) is 11.6 Å². The molecule has 1 aromatic carbocycles. The Morgan fingerprint density at radius 1 is 1.31 bits per heavy atom. The summed E-state index contributed by atoms with van der Waals surface area (Å²) in [5, 5.41) is 3.42. The molecule has 1 aliphatic rings. The molecule has 1 aliphatic carbocycles. The largest absolute Gasteiger partial charge is 0.312 e. The van der Waals surface area contributed by atoms with Gasteiger partial charge in [0.05, 0.1) is 0 Å². The Bertz CT molecular complexity index is 260. The zero-order valence-electron chi connectivity index (χ0n) is 7.54. The molecule has 0 spiro atoms. The third-order valence-electron chi connectivity index (χ3n) is 2.52. The van der Waals surface area contributed by atoms with Crippen molar-refractivity contribution in [2.75, 3.05) is 12.4 Å². The summed E-state index contributed by atoms with van der Waals surface area (Å²) >= 11 is 5.60. The van der Waals surface area contributed by atoms with Gasteiger partial charge in [-0.25, -0.2) is 0 Å². The zero-order valence-corrected chi connectivity index (χ0v) is 8.30. The van der Waals surface area contributed by atoms with Crippen LogP contribution in [0, 0.1) is 0 Å². The van der Waals surface area contributed by atoms with Crippen LogP contribution in [0.15, 0.2) is 30.3 Å². The van der Waals surface area contributed by atoms with Crippen molar-refractivity contribution in [1.29, 1.82) is 0 Å². The fourth-order valence-electron chi connectivity index (χ4n) is 1.73. The van der Waals surface area contributed by atoms with Crippen molar-refractivity contribution in [3.05, 3.63) is 35.9 Å². The van der Waals surface area contributed by atoms with E-state index in [9.17, 15) is 0 Å². The standard InChI is InChI=1S/C11H14ClN/c12-6-7-13-11-8-10(11)9-4-2-1-3-5-9/h1-5,10-11,13H,6-8H2/t10?,11-/m0/s1. The molecular formula is C11H14ClN. The molecule has 2 atom stereocenters. The molecule has 0 bridgehead atoms. The van der Waals surface area contributed by atoms with Gasteiger partial charge in [-0.05, 0) is 12.0 Å². The second-order valence-electron chi connectivity index (χ2n) is 3.50. The van der Waals surface area contributed by atoms with Crippen LogP contribution in [0.1, 0.15) is 17.9 Å². The van der Waals surface area contributed by atoms with Crippen LogP contribution >= 0.6 is 11.6 Å². The molecule has 1 fully saturated rings. The maximum atomic E-state index is 5.60. The molecule has 1 nitrogen and oxygen atoms in total. The summed E-state index contributed by atoms with van der Waals surface area (Å²) < 4.78 is 0. The quantitative estimate of drug-likeness (QED) is 0.728. The van der Waals surface area contributed by atoms with E-state index in [-0.39, 0.29) is 0 Å². The Morgan fingerprint density at radius 3 is 2.77 bits per heavy atom. The van der Waals surface area contributed by atoms with Crippen molar-refractivity contribution in [2.45, 2.75) is 18.4 Å². The molecule has 1 aromatic rings. The number of nitrogens with one attached hydrogen (secondary N) is 1. The highest BCUT2D eigenvalue weighted by Crippen LogP contribution is 2.40. The highest BCUT2D eigenvalue weighted by atomic mass is 35.5. The highest BCUT2D eigenvalue weighted by molar-refractivity contribution is 6.18. The van der Waals surface area contributed by atoms with E-state index in [1.165, 1.54) is 12.0 Å². The number of hydrogen-bond donors (Lipinski definition) is 1. The van der Waals surface area contributed by atoms with E-state index >= 15 is 0 Å². The fourth-order valence-corrected chi connectivity index (χ4v) is 1.84. The van der Waals surface area contributed by atoms with E-state index in [0.29, 0.717) is 11.9 Å². The molecule has 1 unspecified atom stereocenters. The molecule has 1 N–H and O–H groups in total. The van der Waals surface area contributed by atoms with Gasteiger partial charge < -0.3 is 5.32 Å². The fraction of sp³-hybridized carbons (Fsp3) is 0.455. The summed E-state index contributed by atoms with van der Waals surface area (Å²) in [6.07, 6.45) is 1.26. The molecular weight excluding hydrogens is 182 g/mol.